The molecule has 1 fully saturated rings. The van der Waals surface area contributed by atoms with Crippen LogP contribution in [0.25, 0.3) is 11.3 Å². The Labute approximate surface area is 171 Å². The average Bonchev–Trinajstić information content (AvgIpc) is 3.21. The number of rotatable bonds is 4. The van der Waals surface area contributed by atoms with Gasteiger partial charge in [-0.2, -0.15) is 0 Å². The van der Waals surface area contributed by atoms with E-state index < -0.39 is 0 Å². The van der Waals surface area contributed by atoms with Crippen LogP contribution in [0.15, 0.2) is 53.1 Å². The van der Waals surface area contributed by atoms with Gasteiger partial charge in [0.1, 0.15) is 17.5 Å². The van der Waals surface area contributed by atoms with Crippen molar-refractivity contribution in [1.29, 1.82) is 0 Å². The minimum atomic E-state index is -0.110. The molecule has 1 aliphatic rings. The van der Waals surface area contributed by atoms with Gasteiger partial charge in [0, 0.05) is 37.6 Å². The summed E-state index contributed by atoms with van der Waals surface area (Å²) in [6, 6.07) is 16.0. The third-order valence-corrected chi connectivity index (χ3v) is 5.43. The second-order valence-electron chi connectivity index (χ2n) is 7.82. The number of ether oxygens (including phenoxy) is 1. The van der Waals surface area contributed by atoms with Crippen LogP contribution in [0.2, 0.25) is 0 Å². The highest BCUT2D eigenvalue weighted by Crippen LogP contribution is 2.25. The zero-order valence-electron chi connectivity index (χ0n) is 17.1. The second kappa shape index (κ2) is 8.11. The van der Waals surface area contributed by atoms with E-state index in [1.54, 1.807) is 6.07 Å². The molecule has 0 aliphatic carbocycles. The topological polar surface area (TPSA) is 55.6 Å². The fourth-order valence-corrected chi connectivity index (χ4v) is 3.58. The predicted molar refractivity (Wildman–Crippen MR) is 112 cm³/mol. The molecule has 5 nitrogen and oxygen atoms in total. The Balaban J connectivity index is 1.37. The van der Waals surface area contributed by atoms with Crippen molar-refractivity contribution in [3.8, 4) is 17.0 Å². The first kappa shape index (κ1) is 19.2. The molecule has 0 bridgehead atoms. The Hall–Kier alpha value is -3.08. The van der Waals surface area contributed by atoms with Crippen molar-refractivity contribution < 1.29 is 14.1 Å². The van der Waals surface area contributed by atoms with Crippen LogP contribution in [-0.2, 0) is 0 Å². The van der Waals surface area contributed by atoms with Crippen molar-refractivity contribution in [2.24, 2.45) is 0 Å². The van der Waals surface area contributed by atoms with E-state index in [-0.39, 0.29) is 17.8 Å². The summed E-state index contributed by atoms with van der Waals surface area (Å²) in [6.07, 6.45) is 1.73. The lowest BCUT2D eigenvalue weighted by molar-refractivity contribution is 0.0557. The van der Waals surface area contributed by atoms with E-state index in [0.29, 0.717) is 18.8 Å². The lowest BCUT2D eigenvalue weighted by Gasteiger charge is -2.32. The summed E-state index contributed by atoms with van der Waals surface area (Å²) in [4.78, 5) is 14.6. The molecular formula is C24H26N2O3. The van der Waals surface area contributed by atoms with Crippen molar-refractivity contribution in [3.05, 3.63) is 71.0 Å². The van der Waals surface area contributed by atoms with Gasteiger partial charge in [0.25, 0.3) is 5.91 Å². The standard InChI is InChI=1S/C24H26N2O3/c1-16-5-8-19(9-6-16)21-15-23(29-25-21)24(27)26-12-10-20(11-13-26)28-22-14-17(2)4-7-18(22)3/h4-9,14-15,20H,10-13H2,1-3H3. The number of amides is 1. The molecule has 0 N–H and O–H groups in total. The van der Waals surface area contributed by atoms with Crippen LogP contribution in [0, 0.1) is 20.8 Å². The number of nitrogens with zero attached hydrogens (tertiary/aromatic N) is 2. The van der Waals surface area contributed by atoms with Gasteiger partial charge >= 0.3 is 0 Å². The fourth-order valence-electron chi connectivity index (χ4n) is 3.58. The van der Waals surface area contributed by atoms with Crippen LogP contribution in [0.3, 0.4) is 0 Å². The number of carbonyl (C=O) groups excluding carboxylic acids is 1. The summed E-state index contributed by atoms with van der Waals surface area (Å²) in [5, 5.41) is 4.07. The summed E-state index contributed by atoms with van der Waals surface area (Å²) in [6.45, 7) is 7.46. The Morgan fingerprint density at radius 2 is 1.69 bits per heavy atom. The molecule has 0 spiro atoms. The van der Waals surface area contributed by atoms with Gasteiger partial charge in [-0.3, -0.25) is 4.79 Å². The molecule has 0 saturated carbocycles. The third kappa shape index (κ3) is 4.34. The van der Waals surface area contributed by atoms with Crippen LogP contribution in [0.4, 0.5) is 0 Å². The van der Waals surface area contributed by atoms with Gasteiger partial charge in [0.05, 0.1) is 0 Å². The Morgan fingerprint density at radius 1 is 1.00 bits per heavy atom. The van der Waals surface area contributed by atoms with Crippen LogP contribution in [0.5, 0.6) is 5.75 Å². The molecule has 0 unspecified atom stereocenters. The molecule has 1 aliphatic heterocycles. The number of benzene rings is 2. The largest absolute Gasteiger partial charge is 0.490 e. The molecule has 3 aromatic rings. The maximum Gasteiger partial charge on any atom is 0.292 e. The van der Waals surface area contributed by atoms with E-state index in [2.05, 4.69) is 37.2 Å². The van der Waals surface area contributed by atoms with E-state index in [1.165, 1.54) is 11.1 Å². The summed E-state index contributed by atoms with van der Waals surface area (Å²) in [7, 11) is 0. The third-order valence-electron chi connectivity index (χ3n) is 5.43. The first-order chi connectivity index (χ1) is 14.0. The average molecular weight is 390 g/mol. The van der Waals surface area contributed by atoms with Gasteiger partial charge in [-0.1, -0.05) is 47.1 Å². The normalized spacial score (nSPS) is 14.8. The van der Waals surface area contributed by atoms with E-state index in [1.807, 2.05) is 36.1 Å². The molecule has 5 heteroatoms. The van der Waals surface area contributed by atoms with Gasteiger partial charge in [-0.15, -0.1) is 0 Å². The maximum atomic E-state index is 12.8. The molecule has 0 radical (unpaired) electrons. The first-order valence-electron chi connectivity index (χ1n) is 10.1. The highest BCUT2D eigenvalue weighted by atomic mass is 16.5. The van der Waals surface area contributed by atoms with E-state index in [0.717, 1.165) is 29.7 Å². The van der Waals surface area contributed by atoms with Crippen LogP contribution < -0.4 is 4.74 Å². The molecule has 1 amide bonds. The second-order valence-corrected chi connectivity index (χ2v) is 7.82. The first-order valence-corrected chi connectivity index (χ1v) is 10.1. The van der Waals surface area contributed by atoms with E-state index in [4.69, 9.17) is 9.26 Å². The number of likely N-dealkylation sites (tertiary alicyclic amines) is 1. The molecular weight excluding hydrogens is 364 g/mol. The molecule has 1 aromatic heterocycles. The fraction of sp³-hybridized carbons (Fsp3) is 0.333. The molecule has 29 heavy (non-hydrogen) atoms. The van der Waals surface area contributed by atoms with E-state index in [9.17, 15) is 4.79 Å². The van der Waals surface area contributed by atoms with Gasteiger partial charge in [0.2, 0.25) is 5.76 Å². The smallest absolute Gasteiger partial charge is 0.292 e. The maximum absolute atomic E-state index is 12.8. The summed E-state index contributed by atoms with van der Waals surface area (Å²) < 4.78 is 11.5. The minimum Gasteiger partial charge on any atom is -0.490 e. The molecule has 150 valence electrons. The predicted octanol–water partition coefficient (Wildman–Crippen LogP) is 4.95. The molecule has 2 aromatic carbocycles. The molecule has 1 saturated heterocycles. The molecule has 2 heterocycles. The van der Waals surface area contributed by atoms with Crippen molar-refractivity contribution in [2.45, 2.75) is 39.7 Å². The van der Waals surface area contributed by atoms with Gasteiger partial charge in [-0.05, 0) is 38.0 Å². The summed E-state index contributed by atoms with van der Waals surface area (Å²) in [5.74, 6) is 1.11. The lowest BCUT2D eigenvalue weighted by Crippen LogP contribution is -2.41. The highest BCUT2D eigenvalue weighted by molar-refractivity contribution is 5.92. The summed E-state index contributed by atoms with van der Waals surface area (Å²) in [5.41, 5.74) is 5.13. The number of piperidine rings is 1. The quantitative estimate of drug-likeness (QED) is 0.632. The van der Waals surface area contributed by atoms with Gasteiger partial charge in [0.15, 0.2) is 0 Å². The molecule has 0 atom stereocenters. The van der Waals surface area contributed by atoms with Crippen LogP contribution >= 0.6 is 0 Å². The Kier molecular flexibility index (Phi) is 5.38. The van der Waals surface area contributed by atoms with E-state index >= 15 is 0 Å². The lowest BCUT2D eigenvalue weighted by atomic mass is 10.1. The monoisotopic (exact) mass is 390 g/mol. The Bertz CT molecular complexity index is 999. The van der Waals surface area contributed by atoms with Gasteiger partial charge < -0.3 is 14.2 Å². The minimum absolute atomic E-state index is 0.110. The van der Waals surface area contributed by atoms with Gasteiger partial charge in [-0.25, -0.2) is 0 Å². The highest BCUT2D eigenvalue weighted by Gasteiger charge is 2.27. The SMILES string of the molecule is Cc1ccc(-c2cc(C(=O)N3CCC(Oc4cc(C)ccc4C)CC3)on2)cc1. The van der Waals surface area contributed by atoms with Crippen molar-refractivity contribution in [2.75, 3.05) is 13.1 Å². The van der Waals surface area contributed by atoms with Crippen molar-refractivity contribution >= 4 is 5.91 Å². The van der Waals surface area contributed by atoms with Crippen molar-refractivity contribution in [1.82, 2.24) is 10.1 Å². The van der Waals surface area contributed by atoms with Crippen LogP contribution in [-0.4, -0.2) is 35.2 Å². The Morgan fingerprint density at radius 3 is 2.41 bits per heavy atom. The summed E-state index contributed by atoms with van der Waals surface area (Å²) >= 11 is 0. The number of carbonyl (C=O) groups is 1. The number of hydrogen-bond donors (Lipinski definition) is 0. The number of aromatic nitrogens is 1. The van der Waals surface area contributed by atoms with Crippen molar-refractivity contribution in [3.63, 3.8) is 0 Å². The van der Waals surface area contributed by atoms with Crippen LogP contribution in [0.1, 0.15) is 40.1 Å². The number of hydrogen-bond acceptors (Lipinski definition) is 4. The number of aryl methyl sites for hydroxylation is 3. The molecule has 4 rings (SSSR count). The zero-order valence-corrected chi connectivity index (χ0v) is 17.1. The zero-order chi connectivity index (χ0) is 20.4.